The lowest BCUT2D eigenvalue weighted by atomic mass is 9.86. The van der Waals surface area contributed by atoms with Crippen LogP contribution < -0.4 is 0 Å². The van der Waals surface area contributed by atoms with Gasteiger partial charge in [0.05, 0.1) is 6.61 Å². The van der Waals surface area contributed by atoms with Gasteiger partial charge in [-0.05, 0) is 19.4 Å². The molecule has 5 heteroatoms. The molecule has 1 aliphatic rings. The minimum atomic E-state index is -1.09. The van der Waals surface area contributed by atoms with Crippen LogP contribution in [-0.4, -0.2) is 37.7 Å². The first-order valence-corrected chi connectivity index (χ1v) is 7.36. The van der Waals surface area contributed by atoms with Gasteiger partial charge in [0.25, 0.3) is 0 Å². The zero-order chi connectivity index (χ0) is 16.2. The van der Waals surface area contributed by atoms with Gasteiger partial charge in [-0.3, -0.25) is 9.59 Å². The summed E-state index contributed by atoms with van der Waals surface area (Å²) in [5.74, 6) is -0.720. The Labute approximate surface area is 130 Å². The van der Waals surface area contributed by atoms with Gasteiger partial charge in [-0.25, -0.2) is 0 Å². The van der Waals surface area contributed by atoms with Crippen LogP contribution in [0, 0.1) is 5.41 Å². The highest BCUT2D eigenvalue weighted by atomic mass is 16.6. The van der Waals surface area contributed by atoms with Crippen molar-refractivity contribution in [2.75, 3.05) is 13.7 Å². The molecule has 1 saturated heterocycles. The van der Waals surface area contributed by atoms with Crippen LogP contribution in [0.2, 0.25) is 0 Å². The van der Waals surface area contributed by atoms with Crippen LogP contribution in [0.3, 0.4) is 0 Å². The van der Waals surface area contributed by atoms with Crippen molar-refractivity contribution in [3.63, 3.8) is 0 Å². The molecule has 0 aliphatic carbocycles. The third kappa shape index (κ3) is 3.54. The van der Waals surface area contributed by atoms with Gasteiger partial charge in [-0.1, -0.05) is 30.3 Å². The molecular formula is C17H22O5. The summed E-state index contributed by atoms with van der Waals surface area (Å²) < 4.78 is 16.1. The number of carbonyl (C=O) groups excluding carboxylic acids is 2. The number of cyclic esters (lactones) is 1. The lowest BCUT2D eigenvalue weighted by Crippen LogP contribution is -2.37. The molecule has 0 unspecified atom stereocenters. The molecule has 1 fully saturated rings. The van der Waals surface area contributed by atoms with E-state index in [1.807, 2.05) is 30.3 Å². The van der Waals surface area contributed by atoms with Crippen molar-refractivity contribution in [3.05, 3.63) is 35.9 Å². The van der Waals surface area contributed by atoms with Gasteiger partial charge < -0.3 is 14.2 Å². The molecule has 0 spiro atoms. The SMILES string of the molecule is CO[C@@H](CCOCc1ccccc1)[C@H]1OC(=O)C(C)(C)C1=O. The van der Waals surface area contributed by atoms with Crippen LogP contribution in [0.25, 0.3) is 0 Å². The second-order valence-electron chi connectivity index (χ2n) is 5.92. The van der Waals surface area contributed by atoms with Crippen LogP contribution in [0.5, 0.6) is 0 Å². The molecule has 0 saturated carbocycles. The summed E-state index contributed by atoms with van der Waals surface area (Å²) in [5, 5.41) is 0. The Morgan fingerprint density at radius 2 is 1.91 bits per heavy atom. The van der Waals surface area contributed by atoms with Crippen LogP contribution in [0.1, 0.15) is 25.8 Å². The predicted molar refractivity (Wildman–Crippen MR) is 80.2 cm³/mol. The zero-order valence-corrected chi connectivity index (χ0v) is 13.2. The molecule has 2 rings (SSSR count). The van der Waals surface area contributed by atoms with Crippen LogP contribution in [0.4, 0.5) is 0 Å². The lowest BCUT2D eigenvalue weighted by molar-refractivity contribution is -0.152. The van der Waals surface area contributed by atoms with Gasteiger partial charge in [0.15, 0.2) is 11.9 Å². The number of hydrogen-bond donors (Lipinski definition) is 0. The maximum atomic E-state index is 12.2. The summed E-state index contributed by atoms with van der Waals surface area (Å²) in [4.78, 5) is 23.9. The Hall–Kier alpha value is -1.72. The van der Waals surface area contributed by atoms with Crippen molar-refractivity contribution < 1.29 is 23.8 Å². The van der Waals surface area contributed by atoms with E-state index in [-0.39, 0.29) is 5.78 Å². The summed E-state index contributed by atoms with van der Waals surface area (Å²) in [6.07, 6.45) is -0.829. The van der Waals surface area contributed by atoms with Crippen molar-refractivity contribution in [1.29, 1.82) is 0 Å². The first kappa shape index (κ1) is 16.6. The molecule has 0 radical (unpaired) electrons. The molecule has 1 heterocycles. The zero-order valence-electron chi connectivity index (χ0n) is 13.2. The third-order valence-electron chi connectivity index (χ3n) is 3.92. The predicted octanol–water partition coefficient (Wildman–Crippen LogP) is 2.13. The summed E-state index contributed by atoms with van der Waals surface area (Å²) in [6, 6.07) is 9.83. The van der Waals surface area contributed by atoms with Crippen molar-refractivity contribution in [2.24, 2.45) is 5.41 Å². The topological polar surface area (TPSA) is 61.8 Å². The number of rotatable bonds is 7. The Bertz CT molecular complexity index is 523. The highest BCUT2D eigenvalue weighted by Gasteiger charge is 2.53. The fourth-order valence-electron chi connectivity index (χ4n) is 2.37. The largest absolute Gasteiger partial charge is 0.451 e. The van der Waals surface area contributed by atoms with E-state index < -0.39 is 23.6 Å². The molecule has 1 aromatic rings. The fourth-order valence-corrected chi connectivity index (χ4v) is 2.37. The molecule has 0 N–H and O–H groups in total. The minimum Gasteiger partial charge on any atom is -0.451 e. The molecular weight excluding hydrogens is 284 g/mol. The molecule has 1 aliphatic heterocycles. The number of benzene rings is 1. The molecule has 1 aromatic carbocycles. The first-order valence-electron chi connectivity index (χ1n) is 7.36. The first-order chi connectivity index (χ1) is 10.5. The summed E-state index contributed by atoms with van der Waals surface area (Å²) in [5.41, 5.74) is -0.00670. The van der Waals surface area contributed by atoms with Gasteiger partial charge in [0.1, 0.15) is 11.5 Å². The molecule has 0 amide bonds. The summed E-state index contributed by atoms with van der Waals surface area (Å²) >= 11 is 0. The number of Topliss-reactive ketones (excluding diaryl/α,β-unsaturated/α-hetero) is 1. The maximum absolute atomic E-state index is 12.2. The number of ether oxygens (including phenoxy) is 3. The van der Waals surface area contributed by atoms with E-state index >= 15 is 0 Å². The highest BCUT2D eigenvalue weighted by molar-refractivity contribution is 6.10. The van der Waals surface area contributed by atoms with Gasteiger partial charge in [0.2, 0.25) is 0 Å². The van der Waals surface area contributed by atoms with E-state index in [0.29, 0.717) is 19.6 Å². The van der Waals surface area contributed by atoms with Crippen LogP contribution >= 0.6 is 0 Å². The van der Waals surface area contributed by atoms with Crippen molar-refractivity contribution in [2.45, 2.75) is 39.1 Å². The maximum Gasteiger partial charge on any atom is 0.320 e. The highest BCUT2D eigenvalue weighted by Crippen LogP contribution is 2.32. The minimum absolute atomic E-state index is 0.229. The van der Waals surface area contributed by atoms with Gasteiger partial charge >= 0.3 is 5.97 Å². The van der Waals surface area contributed by atoms with Crippen LogP contribution in [0.15, 0.2) is 30.3 Å². The van der Waals surface area contributed by atoms with E-state index in [9.17, 15) is 9.59 Å². The third-order valence-corrected chi connectivity index (χ3v) is 3.92. The van der Waals surface area contributed by atoms with Crippen molar-refractivity contribution in [3.8, 4) is 0 Å². The molecule has 2 atom stereocenters. The number of esters is 1. The molecule has 0 aromatic heterocycles. The Morgan fingerprint density at radius 3 is 2.45 bits per heavy atom. The van der Waals surface area contributed by atoms with E-state index in [1.54, 1.807) is 13.8 Å². The van der Waals surface area contributed by atoms with Gasteiger partial charge in [-0.2, -0.15) is 0 Å². The lowest BCUT2D eigenvalue weighted by Gasteiger charge is -2.20. The second kappa shape index (κ2) is 7.03. The quantitative estimate of drug-likeness (QED) is 0.439. The smallest absolute Gasteiger partial charge is 0.320 e. The molecule has 120 valence electrons. The van der Waals surface area contributed by atoms with Gasteiger partial charge in [0, 0.05) is 20.1 Å². The number of hydrogen-bond acceptors (Lipinski definition) is 5. The Kier molecular flexibility index (Phi) is 5.32. The van der Waals surface area contributed by atoms with E-state index in [4.69, 9.17) is 14.2 Å². The fraction of sp³-hybridized carbons (Fsp3) is 0.529. The normalized spacial score (nSPS) is 21.7. The Morgan fingerprint density at radius 1 is 1.23 bits per heavy atom. The van der Waals surface area contributed by atoms with Crippen molar-refractivity contribution in [1.82, 2.24) is 0 Å². The second-order valence-corrected chi connectivity index (χ2v) is 5.92. The van der Waals surface area contributed by atoms with E-state index in [0.717, 1.165) is 5.56 Å². The van der Waals surface area contributed by atoms with Gasteiger partial charge in [-0.15, -0.1) is 0 Å². The average Bonchev–Trinajstić information content (AvgIpc) is 2.72. The standard InChI is InChI=1S/C17H22O5/c1-17(2)15(18)14(22-16(17)19)13(20-3)9-10-21-11-12-7-5-4-6-8-12/h4-8,13-14H,9-11H2,1-3H3/t13-,14+/m0/s1. The Balaban J connectivity index is 1.83. The number of carbonyl (C=O) groups is 2. The molecule has 5 nitrogen and oxygen atoms in total. The number of methoxy groups -OCH3 is 1. The molecule has 22 heavy (non-hydrogen) atoms. The van der Waals surface area contributed by atoms with Crippen molar-refractivity contribution >= 4 is 11.8 Å². The summed E-state index contributed by atoms with van der Waals surface area (Å²) in [6.45, 7) is 4.09. The average molecular weight is 306 g/mol. The number of ketones is 1. The monoisotopic (exact) mass is 306 g/mol. The summed E-state index contributed by atoms with van der Waals surface area (Å²) in [7, 11) is 1.51. The van der Waals surface area contributed by atoms with E-state index in [2.05, 4.69) is 0 Å². The molecule has 0 bridgehead atoms. The van der Waals surface area contributed by atoms with E-state index in [1.165, 1.54) is 7.11 Å². The van der Waals surface area contributed by atoms with Crippen LogP contribution in [-0.2, 0) is 30.4 Å².